The highest BCUT2D eigenvalue weighted by atomic mass is 32.1. The van der Waals surface area contributed by atoms with Crippen molar-refractivity contribution in [1.82, 2.24) is 4.98 Å². The van der Waals surface area contributed by atoms with Gasteiger partial charge in [-0.3, -0.25) is 9.69 Å². The van der Waals surface area contributed by atoms with Crippen LogP contribution in [0.2, 0.25) is 0 Å². The molecule has 0 aliphatic carbocycles. The normalized spacial score (nSPS) is 17.8. The highest BCUT2D eigenvalue weighted by Crippen LogP contribution is 2.35. The van der Waals surface area contributed by atoms with Crippen molar-refractivity contribution in [3.05, 3.63) is 18.2 Å². The zero-order chi connectivity index (χ0) is 16.4. The number of carbonyl (C=O) groups excluding carboxylic acids is 1. The molecule has 1 unspecified atom stereocenters. The van der Waals surface area contributed by atoms with Gasteiger partial charge in [-0.25, -0.2) is 4.98 Å². The zero-order valence-corrected chi connectivity index (χ0v) is 14.6. The van der Waals surface area contributed by atoms with Crippen molar-refractivity contribution in [1.29, 1.82) is 0 Å². The minimum atomic E-state index is -0.0784. The van der Waals surface area contributed by atoms with Crippen molar-refractivity contribution < 1.29 is 14.3 Å². The molecule has 6 heteroatoms. The molecule has 1 aliphatic heterocycles. The number of para-hydroxylation sites is 1. The van der Waals surface area contributed by atoms with E-state index in [4.69, 9.17) is 9.47 Å². The van der Waals surface area contributed by atoms with Crippen LogP contribution in [0.15, 0.2) is 18.2 Å². The van der Waals surface area contributed by atoms with E-state index in [1.807, 2.05) is 32.0 Å². The third-order valence-electron chi connectivity index (χ3n) is 3.99. The topological polar surface area (TPSA) is 51.7 Å². The molecule has 0 spiro atoms. The zero-order valence-electron chi connectivity index (χ0n) is 13.7. The van der Waals surface area contributed by atoms with Gasteiger partial charge in [0.05, 0.1) is 24.5 Å². The molecule has 3 rings (SSSR count). The molecule has 1 aromatic heterocycles. The Hall–Kier alpha value is -1.66. The molecule has 2 heterocycles. The summed E-state index contributed by atoms with van der Waals surface area (Å²) in [5.74, 6) is 0.739. The average molecular weight is 334 g/mol. The Labute approximate surface area is 140 Å². The van der Waals surface area contributed by atoms with Crippen molar-refractivity contribution in [2.75, 3.05) is 25.2 Å². The Morgan fingerprint density at radius 1 is 1.52 bits per heavy atom. The Bertz CT molecular complexity index is 692. The number of carbonyl (C=O) groups is 1. The van der Waals surface area contributed by atoms with Gasteiger partial charge >= 0.3 is 0 Å². The number of anilines is 1. The van der Waals surface area contributed by atoms with Crippen molar-refractivity contribution in [3.63, 3.8) is 0 Å². The molecule has 0 bridgehead atoms. The Morgan fingerprint density at radius 3 is 3.00 bits per heavy atom. The number of nitrogens with zero attached hydrogens (tertiary/aromatic N) is 2. The number of hydrogen-bond acceptors (Lipinski definition) is 5. The second-order valence-corrected chi connectivity index (χ2v) is 7.05. The lowest BCUT2D eigenvalue weighted by atomic mass is 10.1. The van der Waals surface area contributed by atoms with E-state index in [0.717, 1.165) is 40.5 Å². The molecule has 1 atom stereocenters. The van der Waals surface area contributed by atoms with Crippen LogP contribution in [-0.4, -0.2) is 37.3 Å². The first-order chi connectivity index (χ1) is 11.1. The maximum Gasteiger partial charge on any atom is 0.231 e. The van der Waals surface area contributed by atoms with Crippen molar-refractivity contribution in [2.45, 2.75) is 32.8 Å². The van der Waals surface area contributed by atoms with Crippen LogP contribution >= 0.6 is 11.3 Å². The highest BCUT2D eigenvalue weighted by Gasteiger charge is 2.27. The minimum Gasteiger partial charge on any atom is -0.494 e. The first kappa shape index (κ1) is 16.2. The molecule has 1 saturated heterocycles. The van der Waals surface area contributed by atoms with Crippen LogP contribution in [-0.2, 0) is 9.53 Å². The number of benzene rings is 1. The third kappa shape index (κ3) is 3.33. The Balaban J connectivity index is 1.96. The molecular weight excluding hydrogens is 312 g/mol. The van der Waals surface area contributed by atoms with Gasteiger partial charge in [-0.2, -0.15) is 0 Å². The van der Waals surface area contributed by atoms with Crippen LogP contribution < -0.4 is 9.64 Å². The number of amides is 1. The number of methoxy groups -OCH3 is 1. The van der Waals surface area contributed by atoms with Crippen LogP contribution in [0.25, 0.3) is 10.2 Å². The SMILES string of the molecule is COc1cccc2sc(N(CC3CCCO3)C(=O)C(C)C)nc12. The molecule has 1 aromatic carbocycles. The van der Waals surface area contributed by atoms with Crippen LogP contribution in [0.1, 0.15) is 26.7 Å². The van der Waals surface area contributed by atoms with Crippen molar-refractivity contribution in [2.24, 2.45) is 5.92 Å². The predicted octanol–water partition coefficient (Wildman–Crippen LogP) is 3.47. The monoisotopic (exact) mass is 334 g/mol. The van der Waals surface area contributed by atoms with Gasteiger partial charge in [0.15, 0.2) is 5.13 Å². The van der Waals surface area contributed by atoms with E-state index < -0.39 is 0 Å². The molecule has 1 fully saturated rings. The van der Waals surface area contributed by atoms with E-state index in [2.05, 4.69) is 4.98 Å². The van der Waals surface area contributed by atoms with Gasteiger partial charge < -0.3 is 9.47 Å². The summed E-state index contributed by atoms with van der Waals surface area (Å²) >= 11 is 1.52. The van der Waals surface area contributed by atoms with Gasteiger partial charge in [-0.15, -0.1) is 0 Å². The van der Waals surface area contributed by atoms with E-state index in [1.54, 1.807) is 12.0 Å². The van der Waals surface area contributed by atoms with Gasteiger partial charge in [-0.1, -0.05) is 31.3 Å². The maximum absolute atomic E-state index is 12.7. The molecule has 2 aromatic rings. The molecule has 1 amide bonds. The summed E-state index contributed by atoms with van der Waals surface area (Å²) in [5, 5.41) is 0.721. The summed E-state index contributed by atoms with van der Waals surface area (Å²) in [6.45, 7) is 5.18. The molecule has 124 valence electrons. The predicted molar refractivity (Wildman–Crippen MR) is 92.3 cm³/mol. The Kier molecular flexibility index (Phi) is 4.82. The molecule has 5 nitrogen and oxygen atoms in total. The summed E-state index contributed by atoms with van der Waals surface area (Å²) in [6.07, 6.45) is 2.16. The number of aromatic nitrogens is 1. The van der Waals surface area contributed by atoms with Crippen LogP contribution in [0.3, 0.4) is 0 Å². The first-order valence-electron chi connectivity index (χ1n) is 7.96. The quantitative estimate of drug-likeness (QED) is 0.840. The molecule has 1 aliphatic rings. The van der Waals surface area contributed by atoms with Gasteiger partial charge in [0.25, 0.3) is 0 Å². The van der Waals surface area contributed by atoms with Crippen molar-refractivity contribution in [3.8, 4) is 5.75 Å². The fourth-order valence-corrected chi connectivity index (χ4v) is 3.76. The molecule has 0 radical (unpaired) electrons. The van der Waals surface area contributed by atoms with Gasteiger partial charge in [-0.05, 0) is 25.0 Å². The van der Waals surface area contributed by atoms with E-state index in [1.165, 1.54) is 11.3 Å². The summed E-state index contributed by atoms with van der Waals surface area (Å²) in [6, 6.07) is 5.83. The van der Waals surface area contributed by atoms with Gasteiger partial charge in [0.2, 0.25) is 5.91 Å². The number of fused-ring (bicyclic) bond motifs is 1. The fraction of sp³-hybridized carbons (Fsp3) is 0.529. The minimum absolute atomic E-state index is 0.0784. The number of thiazole rings is 1. The van der Waals surface area contributed by atoms with E-state index in [-0.39, 0.29) is 17.9 Å². The van der Waals surface area contributed by atoms with E-state index >= 15 is 0 Å². The number of rotatable bonds is 5. The second kappa shape index (κ2) is 6.84. The third-order valence-corrected chi connectivity index (χ3v) is 5.04. The van der Waals surface area contributed by atoms with Gasteiger partial charge in [0.1, 0.15) is 11.3 Å². The van der Waals surface area contributed by atoms with Gasteiger partial charge in [0, 0.05) is 12.5 Å². The summed E-state index contributed by atoms with van der Waals surface area (Å²) in [4.78, 5) is 19.1. The second-order valence-electron chi connectivity index (χ2n) is 6.04. The molecular formula is C17H22N2O3S. The number of hydrogen-bond donors (Lipinski definition) is 0. The highest BCUT2D eigenvalue weighted by molar-refractivity contribution is 7.22. The van der Waals surface area contributed by atoms with Crippen LogP contribution in [0.4, 0.5) is 5.13 Å². The Morgan fingerprint density at radius 2 is 2.35 bits per heavy atom. The first-order valence-corrected chi connectivity index (χ1v) is 8.78. The molecule has 0 saturated carbocycles. The van der Waals surface area contributed by atoms with E-state index in [0.29, 0.717) is 6.54 Å². The fourth-order valence-electron chi connectivity index (χ4n) is 2.76. The molecule has 23 heavy (non-hydrogen) atoms. The largest absolute Gasteiger partial charge is 0.494 e. The molecule has 0 N–H and O–H groups in total. The lowest BCUT2D eigenvalue weighted by molar-refractivity contribution is -0.121. The lowest BCUT2D eigenvalue weighted by Crippen LogP contribution is -2.39. The summed E-state index contributed by atoms with van der Waals surface area (Å²) in [5.41, 5.74) is 0.809. The van der Waals surface area contributed by atoms with E-state index in [9.17, 15) is 4.79 Å². The van der Waals surface area contributed by atoms with Crippen LogP contribution in [0, 0.1) is 5.92 Å². The average Bonchev–Trinajstić information content (AvgIpc) is 3.20. The van der Waals surface area contributed by atoms with Crippen molar-refractivity contribution >= 4 is 32.6 Å². The summed E-state index contributed by atoms with van der Waals surface area (Å²) in [7, 11) is 1.64. The maximum atomic E-state index is 12.7. The smallest absolute Gasteiger partial charge is 0.231 e. The lowest BCUT2D eigenvalue weighted by Gasteiger charge is -2.24. The standard InChI is InChI=1S/C17H22N2O3S/c1-11(2)16(20)19(10-12-6-5-9-22-12)17-18-15-13(21-3)7-4-8-14(15)23-17/h4,7-8,11-12H,5-6,9-10H2,1-3H3. The van der Waals surface area contributed by atoms with Crippen LogP contribution in [0.5, 0.6) is 5.75 Å². The number of ether oxygens (including phenoxy) is 2. The summed E-state index contributed by atoms with van der Waals surface area (Å²) < 4.78 is 12.1.